The van der Waals surface area contributed by atoms with Crippen LogP contribution < -0.4 is 0 Å². The lowest BCUT2D eigenvalue weighted by molar-refractivity contribution is 0.679. The van der Waals surface area contributed by atoms with Gasteiger partial charge in [0, 0.05) is 4.47 Å². The molecule has 0 fully saturated rings. The number of rotatable bonds is 1. The normalized spacial score (nSPS) is 10.9. The van der Waals surface area contributed by atoms with Crippen molar-refractivity contribution in [2.24, 2.45) is 0 Å². The van der Waals surface area contributed by atoms with Crippen molar-refractivity contribution in [1.82, 2.24) is 0 Å². The second kappa shape index (κ2) is 4.03. The summed E-state index contributed by atoms with van der Waals surface area (Å²) >= 11 is 3.25. The summed E-state index contributed by atoms with van der Waals surface area (Å²) in [6.45, 7) is 0. The Labute approximate surface area is 78.3 Å². The molecule has 1 nitrogen and oxygen atoms in total. The van der Waals surface area contributed by atoms with Gasteiger partial charge in [0.1, 0.15) is 6.07 Å². The number of benzene rings is 1. The SMILES string of the molecule is N#C/C(F)=C/c1ccc(Br)cc1. The van der Waals surface area contributed by atoms with Crippen molar-refractivity contribution in [1.29, 1.82) is 5.26 Å². The Morgan fingerprint density at radius 2 is 2.00 bits per heavy atom. The van der Waals surface area contributed by atoms with Crippen molar-refractivity contribution < 1.29 is 4.39 Å². The van der Waals surface area contributed by atoms with E-state index in [0.717, 1.165) is 4.47 Å². The molecule has 0 unspecified atom stereocenters. The second-order valence-electron chi connectivity index (χ2n) is 2.16. The molecule has 0 atom stereocenters. The fourth-order valence-electron chi connectivity index (χ4n) is 0.738. The Morgan fingerprint density at radius 3 is 2.50 bits per heavy atom. The molecule has 12 heavy (non-hydrogen) atoms. The molecule has 0 amide bonds. The fraction of sp³-hybridized carbons (Fsp3) is 0. The van der Waals surface area contributed by atoms with Crippen LogP contribution in [-0.2, 0) is 0 Å². The molecule has 0 aliphatic carbocycles. The molecule has 0 heterocycles. The van der Waals surface area contributed by atoms with Crippen LogP contribution >= 0.6 is 15.9 Å². The minimum atomic E-state index is -0.780. The van der Waals surface area contributed by atoms with Crippen LogP contribution in [0.3, 0.4) is 0 Å². The number of hydrogen-bond donors (Lipinski definition) is 0. The quantitative estimate of drug-likeness (QED) is 0.674. The van der Waals surface area contributed by atoms with Gasteiger partial charge in [-0.05, 0) is 23.8 Å². The molecule has 0 radical (unpaired) electrons. The average molecular weight is 226 g/mol. The summed E-state index contributed by atoms with van der Waals surface area (Å²) in [5.74, 6) is -0.780. The zero-order valence-electron chi connectivity index (χ0n) is 6.09. The zero-order chi connectivity index (χ0) is 8.97. The Bertz CT molecular complexity index is 335. The Kier molecular flexibility index (Phi) is 3.01. The van der Waals surface area contributed by atoms with Crippen LogP contribution in [-0.4, -0.2) is 0 Å². The van der Waals surface area contributed by atoms with Gasteiger partial charge in [0.2, 0.25) is 5.83 Å². The fourth-order valence-corrected chi connectivity index (χ4v) is 1.00. The molecule has 0 N–H and O–H groups in total. The van der Waals surface area contributed by atoms with E-state index in [1.165, 1.54) is 12.1 Å². The van der Waals surface area contributed by atoms with Gasteiger partial charge in [0.25, 0.3) is 0 Å². The molecule has 0 aliphatic rings. The smallest absolute Gasteiger partial charge is 0.195 e. The highest BCUT2D eigenvalue weighted by Crippen LogP contribution is 2.13. The van der Waals surface area contributed by atoms with Gasteiger partial charge in [-0.3, -0.25) is 0 Å². The van der Waals surface area contributed by atoms with E-state index >= 15 is 0 Å². The van der Waals surface area contributed by atoms with E-state index in [9.17, 15) is 4.39 Å². The topological polar surface area (TPSA) is 23.8 Å². The number of halogens is 2. The van der Waals surface area contributed by atoms with Crippen molar-refractivity contribution in [3.63, 3.8) is 0 Å². The van der Waals surface area contributed by atoms with Crippen LogP contribution in [0, 0.1) is 11.3 Å². The molecule has 3 heteroatoms. The monoisotopic (exact) mass is 225 g/mol. The highest BCUT2D eigenvalue weighted by atomic mass is 79.9. The van der Waals surface area contributed by atoms with Crippen LogP contribution in [0.2, 0.25) is 0 Å². The number of nitrogens with zero attached hydrogens (tertiary/aromatic N) is 1. The minimum Gasteiger partial charge on any atom is -0.195 e. The molecule has 0 saturated carbocycles. The predicted octanol–water partition coefficient (Wildman–Crippen LogP) is 3.28. The van der Waals surface area contributed by atoms with Crippen molar-refractivity contribution >= 4 is 22.0 Å². The molecule has 0 spiro atoms. The van der Waals surface area contributed by atoms with Crippen molar-refractivity contribution in [3.8, 4) is 6.07 Å². The number of allylic oxidation sites excluding steroid dienone is 1. The highest BCUT2D eigenvalue weighted by molar-refractivity contribution is 9.10. The molecule has 0 aliphatic heterocycles. The van der Waals surface area contributed by atoms with Gasteiger partial charge in [0.05, 0.1) is 0 Å². The summed E-state index contributed by atoms with van der Waals surface area (Å²) in [6.07, 6.45) is 1.19. The van der Waals surface area contributed by atoms with E-state index < -0.39 is 5.83 Å². The zero-order valence-corrected chi connectivity index (χ0v) is 7.68. The van der Waals surface area contributed by atoms with Crippen LogP contribution in [0.1, 0.15) is 5.56 Å². The summed E-state index contributed by atoms with van der Waals surface area (Å²) in [4.78, 5) is 0. The van der Waals surface area contributed by atoms with Gasteiger partial charge >= 0.3 is 0 Å². The van der Waals surface area contributed by atoms with Gasteiger partial charge in [-0.1, -0.05) is 28.1 Å². The van der Waals surface area contributed by atoms with Crippen LogP contribution in [0.25, 0.3) is 6.08 Å². The van der Waals surface area contributed by atoms with Crippen LogP contribution in [0.15, 0.2) is 34.6 Å². The van der Waals surface area contributed by atoms with Gasteiger partial charge in [-0.2, -0.15) is 9.65 Å². The lowest BCUT2D eigenvalue weighted by Gasteiger charge is -1.91. The summed E-state index contributed by atoms with van der Waals surface area (Å²) in [6, 6.07) is 8.43. The average Bonchev–Trinajstić information content (AvgIpc) is 2.09. The molecule has 1 aromatic carbocycles. The first-order valence-corrected chi connectivity index (χ1v) is 4.04. The minimum absolute atomic E-state index is 0.678. The molecule has 0 aromatic heterocycles. The Morgan fingerprint density at radius 1 is 1.42 bits per heavy atom. The molecule has 0 bridgehead atoms. The van der Waals surface area contributed by atoms with Crippen molar-refractivity contribution in [2.45, 2.75) is 0 Å². The second-order valence-corrected chi connectivity index (χ2v) is 3.07. The van der Waals surface area contributed by atoms with E-state index in [2.05, 4.69) is 15.9 Å². The van der Waals surface area contributed by atoms with E-state index in [4.69, 9.17) is 5.26 Å². The lowest BCUT2D eigenvalue weighted by Crippen LogP contribution is -1.72. The molecule has 0 saturated heterocycles. The molecule has 60 valence electrons. The van der Waals surface area contributed by atoms with E-state index in [0.29, 0.717) is 5.56 Å². The largest absolute Gasteiger partial charge is 0.200 e. The molecule has 1 rings (SSSR count). The molecular formula is C9H5BrFN. The predicted molar refractivity (Wildman–Crippen MR) is 48.8 cm³/mol. The summed E-state index contributed by atoms with van der Waals surface area (Å²) in [7, 11) is 0. The van der Waals surface area contributed by atoms with Crippen molar-refractivity contribution in [3.05, 3.63) is 40.1 Å². The number of hydrogen-bond acceptors (Lipinski definition) is 1. The van der Waals surface area contributed by atoms with Gasteiger partial charge in [-0.15, -0.1) is 0 Å². The maximum atomic E-state index is 12.4. The Hall–Kier alpha value is -1.14. The van der Waals surface area contributed by atoms with E-state index in [1.807, 2.05) is 0 Å². The van der Waals surface area contributed by atoms with Gasteiger partial charge in [-0.25, -0.2) is 0 Å². The summed E-state index contributed by atoms with van der Waals surface area (Å²) in [5, 5.41) is 8.15. The van der Waals surface area contributed by atoms with Crippen LogP contribution in [0.5, 0.6) is 0 Å². The summed E-state index contributed by atoms with van der Waals surface area (Å²) < 4.78 is 13.3. The third-order valence-electron chi connectivity index (χ3n) is 1.27. The Balaban J connectivity index is 2.93. The first kappa shape index (κ1) is 8.95. The highest BCUT2D eigenvalue weighted by Gasteiger charge is 1.92. The number of nitriles is 1. The third-order valence-corrected chi connectivity index (χ3v) is 1.80. The summed E-state index contributed by atoms with van der Waals surface area (Å²) in [5.41, 5.74) is 0.678. The maximum absolute atomic E-state index is 12.4. The van der Waals surface area contributed by atoms with E-state index in [-0.39, 0.29) is 0 Å². The van der Waals surface area contributed by atoms with Gasteiger partial charge in [0.15, 0.2) is 0 Å². The first-order valence-electron chi connectivity index (χ1n) is 3.25. The first-order chi connectivity index (χ1) is 5.72. The van der Waals surface area contributed by atoms with Gasteiger partial charge < -0.3 is 0 Å². The van der Waals surface area contributed by atoms with Crippen molar-refractivity contribution in [2.75, 3.05) is 0 Å². The molecular weight excluding hydrogens is 221 g/mol. The lowest BCUT2D eigenvalue weighted by atomic mass is 10.2. The van der Waals surface area contributed by atoms with Crippen LogP contribution in [0.4, 0.5) is 4.39 Å². The third kappa shape index (κ3) is 2.48. The standard InChI is InChI=1S/C9H5BrFN/c10-8-3-1-7(2-4-8)5-9(11)6-12/h1-5H/b9-5-. The molecule has 1 aromatic rings. The van der Waals surface area contributed by atoms with E-state index in [1.54, 1.807) is 24.3 Å². The maximum Gasteiger partial charge on any atom is 0.200 e.